The monoisotopic (exact) mass is 488 g/mol. The molecule has 8 nitrogen and oxygen atoms in total. The van der Waals surface area contributed by atoms with E-state index in [2.05, 4.69) is 5.32 Å². The van der Waals surface area contributed by atoms with E-state index in [1.54, 1.807) is 43.3 Å². The molecule has 1 amide bonds. The molecule has 0 bridgehead atoms. The molecule has 2 aromatic carbocycles. The zero-order chi connectivity index (χ0) is 24.9. The van der Waals surface area contributed by atoms with Crippen LogP contribution in [0.5, 0.6) is 5.75 Å². The highest BCUT2D eigenvalue weighted by molar-refractivity contribution is 7.89. The number of piperidine rings is 1. The number of esters is 1. The van der Waals surface area contributed by atoms with Crippen molar-refractivity contribution in [2.45, 2.75) is 44.4 Å². The first-order valence-corrected chi connectivity index (χ1v) is 12.9. The molecule has 3 rings (SSSR count). The van der Waals surface area contributed by atoms with Gasteiger partial charge in [-0.1, -0.05) is 19.9 Å². The van der Waals surface area contributed by atoms with Gasteiger partial charge in [0.1, 0.15) is 10.6 Å². The van der Waals surface area contributed by atoms with Crippen molar-refractivity contribution in [1.82, 2.24) is 4.31 Å². The van der Waals surface area contributed by atoms with E-state index in [1.807, 2.05) is 19.9 Å². The van der Waals surface area contributed by atoms with Crippen LogP contribution in [0.25, 0.3) is 0 Å². The first kappa shape index (κ1) is 25.7. The third-order valence-corrected chi connectivity index (χ3v) is 7.88. The Bertz CT molecular complexity index is 1120. The summed E-state index contributed by atoms with van der Waals surface area (Å²) in [4.78, 5) is 24.7. The fourth-order valence-electron chi connectivity index (χ4n) is 3.90. The molecule has 0 aliphatic carbocycles. The first-order valence-electron chi connectivity index (χ1n) is 11.4. The van der Waals surface area contributed by atoms with E-state index in [1.165, 1.54) is 11.4 Å². The number of anilines is 1. The Balaban J connectivity index is 1.64. The van der Waals surface area contributed by atoms with Crippen molar-refractivity contribution in [2.24, 2.45) is 5.92 Å². The molecular formula is C25H32N2O6S. The van der Waals surface area contributed by atoms with Crippen molar-refractivity contribution >= 4 is 27.6 Å². The smallest absolute Gasteiger partial charge is 0.338 e. The molecule has 0 saturated carbocycles. The van der Waals surface area contributed by atoms with Gasteiger partial charge in [0.15, 0.2) is 0 Å². The van der Waals surface area contributed by atoms with Gasteiger partial charge < -0.3 is 14.8 Å². The zero-order valence-corrected chi connectivity index (χ0v) is 20.9. The van der Waals surface area contributed by atoms with Gasteiger partial charge in [-0.25, -0.2) is 13.2 Å². The Kier molecular flexibility index (Phi) is 8.33. The maximum absolute atomic E-state index is 13.4. The van der Waals surface area contributed by atoms with Crippen LogP contribution in [0.3, 0.4) is 0 Å². The van der Waals surface area contributed by atoms with Gasteiger partial charge in [-0.05, 0) is 67.6 Å². The highest BCUT2D eigenvalue weighted by atomic mass is 32.2. The number of hydrogen-bond acceptors (Lipinski definition) is 6. The summed E-state index contributed by atoms with van der Waals surface area (Å²) in [5.74, 6) is -0.388. The average molecular weight is 489 g/mol. The highest BCUT2D eigenvalue weighted by Gasteiger charge is 2.34. The van der Waals surface area contributed by atoms with Crippen molar-refractivity contribution in [3.63, 3.8) is 0 Å². The number of hydrogen-bond donors (Lipinski definition) is 1. The number of amides is 1. The largest absolute Gasteiger partial charge is 0.495 e. The summed E-state index contributed by atoms with van der Waals surface area (Å²) in [7, 11) is -2.30. The molecule has 1 aliphatic rings. The lowest BCUT2D eigenvalue weighted by Gasteiger charge is -2.31. The lowest BCUT2D eigenvalue weighted by atomic mass is 9.97. The molecule has 9 heteroatoms. The topological polar surface area (TPSA) is 102 Å². The second-order valence-corrected chi connectivity index (χ2v) is 10.4. The Morgan fingerprint density at radius 3 is 2.29 bits per heavy atom. The van der Waals surface area contributed by atoms with Crippen molar-refractivity contribution < 1.29 is 27.5 Å². The van der Waals surface area contributed by atoms with Crippen LogP contribution in [0, 0.1) is 5.92 Å². The summed E-state index contributed by atoms with van der Waals surface area (Å²) in [5.41, 5.74) is 1.90. The van der Waals surface area contributed by atoms with E-state index < -0.39 is 16.0 Å². The van der Waals surface area contributed by atoms with Crippen LogP contribution in [-0.4, -0.2) is 51.4 Å². The summed E-state index contributed by atoms with van der Waals surface area (Å²) in [6.45, 7) is 6.54. The molecule has 2 aromatic rings. The van der Waals surface area contributed by atoms with E-state index in [4.69, 9.17) is 9.47 Å². The zero-order valence-electron chi connectivity index (χ0n) is 20.0. The standard InChI is InChI=1S/C25H32N2O6S/c1-5-33-25(29)19-6-9-21(10-7-19)26-24(28)18-12-14-27(15-13-18)34(30,31)23-16-20(17(2)3)8-11-22(23)32-4/h6-11,16-18H,5,12-15H2,1-4H3,(H,26,28). The van der Waals surface area contributed by atoms with E-state index in [0.717, 1.165) is 5.56 Å². The minimum atomic E-state index is -3.75. The summed E-state index contributed by atoms with van der Waals surface area (Å²) < 4.78 is 38.4. The van der Waals surface area contributed by atoms with Crippen molar-refractivity contribution in [3.8, 4) is 5.75 Å². The normalized spacial score (nSPS) is 15.2. The van der Waals surface area contributed by atoms with Crippen LogP contribution in [0.4, 0.5) is 5.69 Å². The van der Waals surface area contributed by atoms with Gasteiger partial charge in [-0.15, -0.1) is 0 Å². The third-order valence-electron chi connectivity index (χ3n) is 5.96. The number of carbonyl (C=O) groups excluding carboxylic acids is 2. The number of carbonyl (C=O) groups is 2. The highest BCUT2D eigenvalue weighted by Crippen LogP contribution is 2.32. The molecule has 184 valence electrons. The van der Waals surface area contributed by atoms with Gasteiger partial charge in [0.05, 0.1) is 19.3 Å². The molecule has 0 aromatic heterocycles. The molecule has 1 saturated heterocycles. The number of nitrogens with zero attached hydrogens (tertiary/aromatic N) is 1. The number of sulfonamides is 1. The second-order valence-electron chi connectivity index (χ2n) is 8.53. The molecule has 1 heterocycles. The summed E-state index contributed by atoms with van der Waals surface area (Å²) in [5, 5.41) is 2.85. The fourth-order valence-corrected chi connectivity index (χ4v) is 5.56. The number of methoxy groups -OCH3 is 1. The third kappa shape index (κ3) is 5.77. The Morgan fingerprint density at radius 2 is 1.74 bits per heavy atom. The first-order chi connectivity index (χ1) is 16.2. The van der Waals surface area contributed by atoms with Crippen molar-refractivity contribution in [2.75, 3.05) is 32.1 Å². The minimum Gasteiger partial charge on any atom is -0.495 e. The number of rotatable bonds is 8. The van der Waals surface area contributed by atoms with Crippen LogP contribution in [0.15, 0.2) is 47.4 Å². The molecule has 1 fully saturated rings. The van der Waals surface area contributed by atoms with Crippen molar-refractivity contribution in [3.05, 3.63) is 53.6 Å². The maximum Gasteiger partial charge on any atom is 0.338 e. The summed E-state index contributed by atoms with van der Waals surface area (Å²) in [6, 6.07) is 11.7. The summed E-state index contributed by atoms with van der Waals surface area (Å²) in [6.07, 6.45) is 0.830. The molecule has 1 N–H and O–H groups in total. The van der Waals surface area contributed by atoms with Gasteiger partial charge in [0, 0.05) is 24.7 Å². The van der Waals surface area contributed by atoms with E-state index in [-0.39, 0.29) is 35.7 Å². The Labute approximate surface area is 201 Å². The molecule has 0 unspecified atom stereocenters. The minimum absolute atomic E-state index is 0.158. The maximum atomic E-state index is 13.4. The lowest BCUT2D eigenvalue weighted by molar-refractivity contribution is -0.120. The van der Waals surface area contributed by atoms with E-state index >= 15 is 0 Å². The van der Waals surface area contributed by atoms with Gasteiger partial charge in [0.2, 0.25) is 15.9 Å². The Morgan fingerprint density at radius 1 is 1.09 bits per heavy atom. The van der Waals surface area contributed by atoms with Crippen LogP contribution >= 0.6 is 0 Å². The number of ether oxygens (including phenoxy) is 2. The lowest BCUT2D eigenvalue weighted by Crippen LogP contribution is -2.41. The number of benzene rings is 2. The molecule has 1 aliphatic heterocycles. The van der Waals surface area contributed by atoms with Crippen LogP contribution < -0.4 is 10.1 Å². The number of nitrogens with one attached hydrogen (secondary N) is 1. The predicted molar refractivity (Wildman–Crippen MR) is 130 cm³/mol. The van der Waals surface area contributed by atoms with Crippen LogP contribution in [0.1, 0.15) is 55.5 Å². The van der Waals surface area contributed by atoms with Crippen LogP contribution in [0.2, 0.25) is 0 Å². The molecule has 0 atom stereocenters. The summed E-state index contributed by atoms with van der Waals surface area (Å²) >= 11 is 0. The fraction of sp³-hybridized carbons (Fsp3) is 0.440. The molecular weight excluding hydrogens is 456 g/mol. The van der Waals surface area contributed by atoms with Gasteiger partial charge in [-0.2, -0.15) is 4.31 Å². The van der Waals surface area contributed by atoms with Gasteiger partial charge >= 0.3 is 5.97 Å². The molecule has 0 radical (unpaired) electrons. The van der Waals surface area contributed by atoms with Gasteiger partial charge in [-0.3, -0.25) is 4.79 Å². The second kappa shape index (κ2) is 11.0. The predicted octanol–water partition coefficient (Wildman–Crippen LogP) is 4.03. The average Bonchev–Trinajstić information content (AvgIpc) is 2.84. The van der Waals surface area contributed by atoms with Gasteiger partial charge in [0.25, 0.3) is 0 Å². The van der Waals surface area contributed by atoms with Crippen LogP contribution in [-0.2, 0) is 19.6 Å². The molecule has 34 heavy (non-hydrogen) atoms. The van der Waals surface area contributed by atoms with Crippen molar-refractivity contribution in [1.29, 1.82) is 0 Å². The van der Waals surface area contributed by atoms with E-state index in [0.29, 0.717) is 36.4 Å². The SMILES string of the molecule is CCOC(=O)c1ccc(NC(=O)C2CCN(S(=O)(=O)c3cc(C(C)C)ccc3OC)CC2)cc1. The van der Waals surface area contributed by atoms with E-state index in [9.17, 15) is 18.0 Å². The quantitative estimate of drug-likeness (QED) is 0.563. The Hall–Kier alpha value is -2.91. The molecule has 0 spiro atoms.